The topological polar surface area (TPSA) is 359 Å². The van der Waals surface area contributed by atoms with Crippen LogP contribution in [-0.2, 0) is 65.4 Å². The van der Waals surface area contributed by atoms with Gasteiger partial charge in [-0.2, -0.15) is 9.94 Å². The molecule has 0 spiro atoms. The van der Waals surface area contributed by atoms with Crippen LogP contribution in [-0.4, -0.2) is 230 Å². The number of carbonyl (C=O) groups is 5. The Hall–Kier alpha value is -8.62. The Morgan fingerprint density at radius 1 is 0.758 bits per heavy atom. The van der Waals surface area contributed by atoms with E-state index in [4.69, 9.17) is 42.6 Å². The van der Waals surface area contributed by atoms with Crippen molar-refractivity contribution in [2.24, 2.45) is 5.41 Å². The van der Waals surface area contributed by atoms with E-state index < -0.39 is 52.2 Å². The molecule has 1 aliphatic heterocycles. The summed E-state index contributed by atoms with van der Waals surface area (Å²) < 4.78 is 97.2. The quantitative estimate of drug-likeness (QED) is 0.00909. The average molecular weight is 1330 g/mol. The lowest BCUT2D eigenvalue weighted by Crippen LogP contribution is -2.43. The molecule has 0 aliphatic carbocycles. The number of pyridine rings is 1. The van der Waals surface area contributed by atoms with Gasteiger partial charge in [-0.3, -0.25) is 24.0 Å². The predicted octanol–water partition coefficient (Wildman–Crippen LogP) is 3.65. The summed E-state index contributed by atoms with van der Waals surface area (Å²) in [6, 6.07) is 12.5. The number of ether oxygens (including phenoxy) is 10. The molecule has 0 radical (unpaired) electrons. The summed E-state index contributed by atoms with van der Waals surface area (Å²) >= 11 is 0. The standard InChI is InChI=1S/C63H79F3N12O17/c1-86-52-37-70-60(56-55(52)49(36-69-56)57(83)62(85)76-15-9-45(10-16-76)48(35-67)44-7-3-2-4-8-44)78-43-72-59(74-78)61(84)68-14-6-5-13-63(41-79,42-80)40-71-53(81)11-18-87-21-24-90-29-30-93-31-32-94-39-47-38-77(75-73-47)17-20-89-23-26-92-28-27-91-25-22-88-19-12-54(82)95-58-50(65)33-46(64)34-51(58)66/h2-4,7-8,33-34,36-38,43,69,79-80H,5-6,9-32,39-42H2,1H3,(H,68,84)(H,71,81). The number of methoxy groups -OCH3 is 1. The number of carbonyl (C=O) groups excluding carboxylic acids is 5. The lowest BCUT2D eigenvalue weighted by Gasteiger charge is -2.30. The second kappa shape index (κ2) is 39.9. The summed E-state index contributed by atoms with van der Waals surface area (Å²) in [5.41, 5.74) is 2.32. The van der Waals surface area contributed by atoms with Crippen LogP contribution in [0.2, 0.25) is 0 Å². The fourth-order valence-electron chi connectivity index (χ4n) is 9.59. The molecular weight excluding hydrogens is 1250 g/mol. The van der Waals surface area contributed by atoms with Gasteiger partial charge in [-0.1, -0.05) is 42.0 Å². The first-order valence-corrected chi connectivity index (χ1v) is 30.9. The van der Waals surface area contributed by atoms with Crippen molar-refractivity contribution in [3.63, 3.8) is 0 Å². The van der Waals surface area contributed by atoms with Crippen LogP contribution in [0.15, 0.2) is 73.0 Å². The number of halogens is 3. The maximum absolute atomic E-state index is 13.8. The zero-order valence-electron chi connectivity index (χ0n) is 52.7. The Morgan fingerprint density at radius 3 is 1.99 bits per heavy atom. The van der Waals surface area contributed by atoms with Crippen LogP contribution in [0.5, 0.6) is 11.5 Å². The van der Waals surface area contributed by atoms with E-state index in [2.05, 4.69) is 51.8 Å². The van der Waals surface area contributed by atoms with Gasteiger partial charge in [-0.25, -0.2) is 27.8 Å². The number of aromatic nitrogens is 8. The predicted molar refractivity (Wildman–Crippen MR) is 329 cm³/mol. The molecule has 95 heavy (non-hydrogen) atoms. The molecule has 4 aromatic heterocycles. The van der Waals surface area contributed by atoms with E-state index in [-0.39, 0.29) is 127 Å². The third kappa shape index (κ3) is 23.4. The first-order valence-electron chi connectivity index (χ1n) is 30.9. The molecule has 0 saturated carbocycles. The van der Waals surface area contributed by atoms with Crippen molar-refractivity contribution >= 4 is 46.0 Å². The number of Topliss-reactive ketones (excluding diaryl/α,β-unsaturated/α-hetero) is 1. The summed E-state index contributed by atoms with van der Waals surface area (Å²) in [5, 5.41) is 48.7. The number of rotatable bonds is 45. The second-order valence-electron chi connectivity index (χ2n) is 21.5. The lowest BCUT2D eigenvalue weighted by atomic mass is 9.84. The Bertz CT molecular complexity index is 3450. The largest absolute Gasteiger partial charge is 0.494 e. The fraction of sp³-hybridized carbons (Fsp3) is 0.508. The number of unbranched alkanes of at least 4 members (excludes halogenated alkanes) is 1. The Kier molecular flexibility index (Phi) is 31.0. The van der Waals surface area contributed by atoms with Crippen molar-refractivity contribution < 1.29 is 94.7 Å². The first-order chi connectivity index (χ1) is 46.3. The first kappa shape index (κ1) is 73.8. The number of ketones is 1. The summed E-state index contributed by atoms with van der Waals surface area (Å²) in [7, 11) is 1.41. The Balaban J connectivity index is 0.655. The van der Waals surface area contributed by atoms with Gasteiger partial charge in [0.25, 0.3) is 17.6 Å². The number of benzene rings is 2. The number of allylic oxidation sites excluding steroid dienone is 1. The van der Waals surface area contributed by atoms with E-state index in [0.29, 0.717) is 132 Å². The van der Waals surface area contributed by atoms with E-state index in [1.165, 1.54) is 35.4 Å². The van der Waals surface area contributed by atoms with Crippen LogP contribution in [0, 0.1) is 34.2 Å². The van der Waals surface area contributed by atoms with Crippen LogP contribution in [0.3, 0.4) is 0 Å². The molecule has 7 rings (SSSR count). The number of likely N-dealkylation sites (tertiary alicyclic amines) is 1. The molecule has 5 heterocycles. The van der Waals surface area contributed by atoms with Gasteiger partial charge >= 0.3 is 5.97 Å². The van der Waals surface area contributed by atoms with E-state index in [0.717, 1.165) is 11.1 Å². The maximum Gasteiger partial charge on any atom is 0.313 e. The molecule has 29 nitrogen and oxygen atoms in total. The van der Waals surface area contributed by atoms with Gasteiger partial charge in [-0.15, -0.1) is 10.2 Å². The molecule has 1 saturated heterocycles. The zero-order chi connectivity index (χ0) is 67.6. The number of esters is 1. The molecule has 32 heteroatoms. The zero-order valence-corrected chi connectivity index (χ0v) is 52.7. The number of H-pyrrole nitrogens is 1. The number of aliphatic hydroxyl groups is 2. The molecule has 5 N–H and O–H groups in total. The summed E-state index contributed by atoms with van der Waals surface area (Å²) in [6.07, 6.45) is 7.81. The second-order valence-corrected chi connectivity index (χ2v) is 21.5. The minimum atomic E-state index is -1.32. The lowest BCUT2D eigenvalue weighted by molar-refractivity contribution is -0.136. The van der Waals surface area contributed by atoms with Crippen LogP contribution in [0.1, 0.15) is 77.2 Å². The van der Waals surface area contributed by atoms with E-state index in [1.807, 2.05) is 30.3 Å². The van der Waals surface area contributed by atoms with E-state index in [9.17, 15) is 52.6 Å². The number of fused-ring (bicyclic) bond motifs is 1. The molecule has 6 aromatic rings. The number of aromatic amines is 1. The highest BCUT2D eigenvalue weighted by molar-refractivity contribution is 6.45. The van der Waals surface area contributed by atoms with Gasteiger partial charge in [0, 0.05) is 56.3 Å². The highest BCUT2D eigenvalue weighted by Crippen LogP contribution is 2.33. The van der Waals surface area contributed by atoms with Crippen LogP contribution >= 0.6 is 0 Å². The molecule has 1 fully saturated rings. The van der Waals surface area contributed by atoms with Crippen molar-refractivity contribution in [2.75, 3.05) is 146 Å². The van der Waals surface area contributed by atoms with Crippen molar-refractivity contribution in [3.8, 4) is 23.4 Å². The Labute approximate surface area is 545 Å². The van der Waals surface area contributed by atoms with Gasteiger partial charge in [-0.05, 0) is 36.8 Å². The normalized spacial score (nSPS) is 12.5. The van der Waals surface area contributed by atoms with Crippen molar-refractivity contribution in [1.82, 2.24) is 55.3 Å². The monoisotopic (exact) mass is 1330 g/mol. The van der Waals surface area contributed by atoms with E-state index in [1.54, 1.807) is 10.9 Å². The average Bonchev–Trinajstić information content (AvgIpc) is 1.64. The number of piperidine rings is 1. The molecule has 0 atom stereocenters. The highest BCUT2D eigenvalue weighted by Gasteiger charge is 2.32. The van der Waals surface area contributed by atoms with Gasteiger partial charge < -0.3 is 78.1 Å². The number of nitrogens with zero attached hydrogens (tertiary/aromatic N) is 9. The third-order valence-electron chi connectivity index (χ3n) is 14.8. The molecule has 0 bridgehead atoms. The Morgan fingerprint density at radius 2 is 1.37 bits per heavy atom. The number of hydrogen-bond donors (Lipinski definition) is 5. The summed E-state index contributed by atoms with van der Waals surface area (Å²) in [6.45, 7) is 4.76. The number of nitriles is 1. The number of hydrogen-bond acceptors (Lipinski definition) is 23. The van der Waals surface area contributed by atoms with Crippen LogP contribution < -0.4 is 20.1 Å². The van der Waals surface area contributed by atoms with Crippen molar-refractivity contribution in [3.05, 3.63) is 113 Å². The fourth-order valence-corrected chi connectivity index (χ4v) is 9.59. The molecule has 2 aromatic carbocycles. The van der Waals surface area contributed by atoms with Gasteiger partial charge in [0.1, 0.15) is 23.6 Å². The minimum Gasteiger partial charge on any atom is -0.494 e. The maximum atomic E-state index is 13.8. The van der Waals surface area contributed by atoms with Crippen LogP contribution in [0.25, 0.3) is 22.3 Å². The number of aliphatic hydroxyl groups excluding tert-OH is 2. The van der Waals surface area contributed by atoms with Crippen molar-refractivity contribution in [2.45, 2.75) is 58.1 Å². The molecular formula is C63H79F3N12O17. The summed E-state index contributed by atoms with van der Waals surface area (Å²) in [5.74, 6) is -7.77. The number of amides is 3. The van der Waals surface area contributed by atoms with E-state index >= 15 is 0 Å². The minimum absolute atomic E-state index is 0.0223. The van der Waals surface area contributed by atoms with Crippen LogP contribution in [0.4, 0.5) is 13.2 Å². The SMILES string of the molecule is COc1cnc(-n2cnc(C(=O)NCCCCC(CO)(CO)CNC(=O)CCOCCOCCOCCOCc3cn(CCOCCOCCOCCOCCC(=O)Oc4c(F)cc(F)cc4F)nn3)n2)c2[nH]cc(C(=O)C(=O)N3CCC(=C(C#N)c4ccccc4)CC3)c12. The molecule has 3 amide bonds. The van der Waals surface area contributed by atoms with Crippen molar-refractivity contribution in [1.29, 1.82) is 5.26 Å². The van der Waals surface area contributed by atoms with Gasteiger partial charge in [0.05, 0.1) is 180 Å². The highest BCUT2D eigenvalue weighted by atomic mass is 19.1. The molecule has 1 aliphatic rings. The van der Waals surface area contributed by atoms with Gasteiger partial charge in [0.15, 0.2) is 17.5 Å². The molecule has 0 unspecified atom stereocenters. The number of nitrogens with one attached hydrogen (secondary N) is 3. The molecule has 514 valence electrons. The summed E-state index contributed by atoms with van der Waals surface area (Å²) in [4.78, 5) is 78.1. The smallest absolute Gasteiger partial charge is 0.313 e. The van der Waals surface area contributed by atoms with Gasteiger partial charge in [0.2, 0.25) is 17.5 Å². The third-order valence-corrected chi connectivity index (χ3v) is 14.8.